The molecule has 0 heterocycles. The number of anilines is 1. The summed E-state index contributed by atoms with van der Waals surface area (Å²) in [6.45, 7) is 6.86. The van der Waals surface area contributed by atoms with Gasteiger partial charge in [-0.25, -0.2) is 0 Å². The van der Waals surface area contributed by atoms with E-state index in [4.69, 9.17) is 10.8 Å². The highest BCUT2D eigenvalue weighted by atomic mass is 16.4. The van der Waals surface area contributed by atoms with Crippen molar-refractivity contribution >= 4 is 11.7 Å². The van der Waals surface area contributed by atoms with Crippen LogP contribution in [0.2, 0.25) is 0 Å². The number of carbonyl (C=O) groups is 1. The summed E-state index contributed by atoms with van der Waals surface area (Å²) < 4.78 is 0. The Morgan fingerprint density at radius 2 is 1.83 bits per heavy atom. The van der Waals surface area contributed by atoms with Gasteiger partial charge in [0.15, 0.2) is 0 Å². The zero-order valence-corrected chi connectivity index (χ0v) is 11.5. The molecule has 0 aliphatic heterocycles. The van der Waals surface area contributed by atoms with Crippen LogP contribution in [0.1, 0.15) is 23.1 Å². The minimum Gasteiger partial charge on any atom is -0.480 e. The number of aliphatic carboxylic acids is 1. The molecule has 1 aromatic carbocycles. The summed E-state index contributed by atoms with van der Waals surface area (Å²) in [5.74, 6) is -0.944. The SMILES string of the molecule is Cc1cc(C)c(N(C)CCC(N)C(=O)O)c(C)c1. The van der Waals surface area contributed by atoms with Crippen LogP contribution in [0.4, 0.5) is 5.69 Å². The van der Waals surface area contributed by atoms with Crippen molar-refractivity contribution in [1.82, 2.24) is 0 Å². The average Bonchev–Trinajstić information content (AvgIpc) is 2.24. The maximum Gasteiger partial charge on any atom is 0.320 e. The van der Waals surface area contributed by atoms with Gasteiger partial charge in [-0.1, -0.05) is 17.7 Å². The summed E-state index contributed by atoms with van der Waals surface area (Å²) in [6.07, 6.45) is 0.443. The lowest BCUT2D eigenvalue weighted by Gasteiger charge is -2.24. The molecular weight excluding hydrogens is 228 g/mol. The van der Waals surface area contributed by atoms with Gasteiger partial charge >= 0.3 is 5.97 Å². The zero-order chi connectivity index (χ0) is 13.9. The van der Waals surface area contributed by atoms with E-state index >= 15 is 0 Å². The van der Waals surface area contributed by atoms with Crippen LogP contribution in [-0.2, 0) is 4.79 Å². The minimum atomic E-state index is -0.944. The fraction of sp³-hybridized carbons (Fsp3) is 0.500. The number of benzene rings is 1. The van der Waals surface area contributed by atoms with E-state index in [1.807, 2.05) is 7.05 Å². The third-order valence-electron chi connectivity index (χ3n) is 3.11. The van der Waals surface area contributed by atoms with Gasteiger partial charge in [-0.15, -0.1) is 0 Å². The summed E-state index contributed by atoms with van der Waals surface area (Å²) in [5.41, 5.74) is 10.3. The van der Waals surface area contributed by atoms with Gasteiger partial charge in [-0.2, -0.15) is 0 Å². The molecule has 18 heavy (non-hydrogen) atoms. The Kier molecular flexibility index (Phi) is 4.73. The van der Waals surface area contributed by atoms with E-state index in [9.17, 15) is 4.79 Å². The number of rotatable bonds is 5. The Balaban J connectivity index is 2.79. The first-order valence-corrected chi connectivity index (χ1v) is 6.10. The van der Waals surface area contributed by atoms with E-state index in [0.29, 0.717) is 13.0 Å². The molecule has 0 radical (unpaired) electrons. The first-order valence-electron chi connectivity index (χ1n) is 6.10. The van der Waals surface area contributed by atoms with Gasteiger partial charge in [-0.3, -0.25) is 4.79 Å². The quantitative estimate of drug-likeness (QED) is 0.837. The molecule has 1 aromatic rings. The van der Waals surface area contributed by atoms with E-state index in [0.717, 1.165) is 5.69 Å². The van der Waals surface area contributed by atoms with Gasteiger partial charge in [0.05, 0.1) is 0 Å². The normalized spacial score (nSPS) is 12.3. The van der Waals surface area contributed by atoms with Gasteiger partial charge < -0.3 is 15.7 Å². The predicted molar refractivity (Wildman–Crippen MR) is 74.2 cm³/mol. The monoisotopic (exact) mass is 250 g/mol. The van der Waals surface area contributed by atoms with Crippen LogP contribution in [0, 0.1) is 20.8 Å². The van der Waals surface area contributed by atoms with Crippen molar-refractivity contribution in [3.05, 3.63) is 28.8 Å². The van der Waals surface area contributed by atoms with Crippen molar-refractivity contribution in [2.45, 2.75) is 33.2 Å². The molecule has 0 spiro atoms. The van der Waals surface area contributed by atoms with E-state index in [1.165, 1.54) is 16.7 Å². The molecule has 0 aliphatic carbocycles. The van der Waals surface area contributed by atoms with Crippen molar-refractivity contribution in [1.29, 1.82) is 0 Å². The van der Waals surface area contributed by atoms with Crippen LogP contribution in [0.5, 0.6) is 0 Å². The maximum atomic E-state index is 10.7. The molecule has 0 saturated heterocycles. The molecule has 0 fully saturated rings. The van der Waals surface area contributed by atoms with Gasteiger partial charge in [0.25, 0.3) is 0 Å². The number of hydrogen-bond acceptors (Lipinski definition) is 3. The fourth-order valence-corrected chi connectivity index (χ4v) is 2.34. The van der Waals surface area contributed by atoms with Gasteiger partial charge in [-0.05, 0) is 38.3 Å². The molecule has 4 heteroatoms. The van der Waals surface area contributed by atoms with Gasteiger partial charge in [0.1, 0.15) is 6.04 Å². The van der Waals surface area contributed by atoms with Crippen LogP contribution in [0.3, 0.4) is 0 Å². The van der Waals surface area contributed by atoms with Crippen LogP contribution in [0.15, 0.2) is 12.1 Å². The molecule has 1 rings (SSSR count). The first-order chi connectivity index (χ1) is 8.32. The Morgan fingerprint density at radius 3 is 2.28 bits per heavy atom. The number of nitrogens with zero attached hydrogens (tertiary/aromatic N) is 1. The van der Waals surface area contributed by atoms with Gasteiger partial charge in [0, 0.05) is 19.3 Å². The zero-order valence-electron chi connectivity index (χ0n) is 11.5. The van der Waals surface area contributed by atoms with Crippen molar-refractivity contribution in [2.24, 2.45) is 5.73 Å². The minimum absolute atomic E-state index is 0.443. The molecular formula is C14H22N2O2. The lowest BCUT2D eigenvalue weighted by Crippen LogP contribution is -2.34. The Bertz CT molecular complexity index is 420. The molecule has 4 nitrogen and oxygen atoms in total. The van der Waals surface area contributed by atoms with Gasteiger partial charge in [0.2, 0.25) is 0 Å². The predicted octanol–water partition coefficient (Wildman–Crippen LogP) is 1.85. The number of aryl methyl sites for hydroxylation is 3. The van der Waals surface area contributed by atoms with Crippen LogP contribution < -0.4 is 10.6 Å². The number of carboxylic acid groups (broad SMARTS) is 1. The van der Waals surface area contributed by atoms with E-state index in [2.05, 4.69) is 37.8 Å². The highest BCUT2D eigenvalue weighted by Crippen LogP contribution is 2.25. The van der Waals surface area contributed by atoms with Crippen molar-refractivity contribution in [2.75, 3.05) is 18.5 Å². The summed E-state index contributed by atoms with van der Waals surface area (Å²) in [4.78, 5) is 12.8. The molecule has 0 bridgehead atoms. The molecule has 0 amide bonds. The van der Waals surface area contributed by atoms with Crippen molar-refractivity contribution < 1.29 is 9.90 Å². The van der Waals surface area contributed by atoms with Crippen LogP contribution >= 0.6 is 0 Å². The second-order valence-electron chi connectivity index (χ2n) is 4.90. The van der Waals surface area contributed by atoms with Crippen molar-refractivity contribution in [3.8, 4) is 0 Å². The smallest absolute Gasteiger partial charge is 0.320 e. The Hall–Kier alpha value is -1.55. The molecule has 1 atom stereocenters. The fourth-order valence-electron chi connectivity index (χ4n) is 2.34. The van der Waals surface area contributed by atoms with E-state index < -0.39 is 12.0 Å². The lowest BCUT2D eigenvalue weighted by atomic mass is 10.0. The Labute approximate surface area is 108 Å². The molecule has 3 N–H and O–H groups in total. The maximum absolute atomic E-state index is 10.7. The van der Waals surface area contributed by atoms with Crippen LogP contribution in [0.25, 0.3) is 0 Å². The lowest BCUT2D eigenvalue weighted by molar-refractivity contribution is -0.138. The van der Waals surface area contributed by atoms with E-state index in [-0.39, 0.29) is 0 Å². The summed E-state index contributed by atoms with van der Waals surface area (Å²) >= 11 is 0. The average molecular weight is 250 g/mol. The van der Waals surface area contributed by atoms with Crippen LogP contribution in [-0.4, -0.2) is 30.7 Å². The summed E-state index contributed by atoms with van der Waals surface area (Å²) in [5, 5.41) is 8.77. The molecule has 0 aliphatic rings. The second kappa shape index (κ2) is 5.87. The largest absolute Gasteiger partial charge is 0.480 e. The standard InChI is InChI=1S/C14H22N2O2/c1-9-7-10(2)13(11(3)8-9)16(4)6-5-12(15)14(17)18/h7-8,12H,5-6,15H2,1-4H3,(H,17,18). The number of hydrogen-bond donors (Lipinski definition) is 2. The third kappa shape index (κ3) is 3.47. The topological polar surface area (TPSA) is 66.6 Å². The highest BCUT2D eigenvalue weighted by molar-refractivity contribution is 5.73. The molecule has 1 unspecified atom stereocenters. The summed E-state index contributed by atoms with van der Waals surface area (Å²) in [7, 11) is 1.97. The molecule has 0 aromatic heterocycles. The first kappa shape index (κ1) is 14.5. The third-order valence-corrected chi connectivity index (χ3v) is 3.11. The van der Waals surface area contributed by atoms with E-state index in [1.54, 1.807) is 0 Å². The number of carboxylic acids is 1. The Morgan fingerprint density at radius 1 is 1.33 bits per heavy atom. The highest BCUT2D eigenvalue weighted by Gasteiger charge is 2.14. The number of nitrogens with two attached hydrogens (primary N) is 1. The molecule has 100 valence electrons. The second-order valence-corrected chi connectivity index (χ2v) is 4.90. The van der Waals surface area contributed by atoms with Crippen molar-refractivity contribution in [3.63, 3.8) is 0 Å². The summed E-state index contributed by atoms with van der Waals surface area (Å²) in [6, 6.07) is 3.48. The molecule has 0 saturated carbocycles.